The molecule has 2 aromatic heterocycles. The molecule has 0 saturated carbocycles. The highest BCUT2D eigenvalue weighted by atomic mass is 35.5. The number of hydrogen-bond donors (Lipinski definition) is 1. The third-order valence-corrected chi connectivity index (χ3v) is 8.54. The molecule has 3 aromatic rings. The first-order chi connectivity index (χ1) is 16.9. The fourth-order valence-electron chi connectivity index (χ4n) is 4.58. The largest absolute Gasteiger partial charge is 0.473 e. The van der Waals surface area contributed by atoms with Crippen molar-refractivity contribution in [2.45, 2.75) is 49.3 Å². The maximum absolute atomic E-state index is 13.7. The average molecular weight is 549 g/mol. The number of pyridine rings is 2. The van der Waals surface area contributed by atoms with E-state index in [1.807, 2.05) is 18.7 Å². The molecule has 3 heterocycles. The first-order valence-electron chi connectivity index (χ1n) is 11.3. The highest BCUT2D eigenvalue weighted by Crippen LogP contribution is 2.39. The van der Waals surface area contributed by atoms with E-state index in [0.29, 0.717) is 22.5 Å². The molecule has 11 heteroatoms. The van der Waals surface area contributed by atoms with E-state index in [0.717, 1.165) is 12.0 Å². The lowest BCUT2D eigenvalue weighted by molar-refractivity contribution is 0.0997. The van der Waals surface area contributed by atoms with Crippen molar-refractivity contribution in [2.24, 2.45) is 11.7 Å². The summed E-state index contributed by atoms with van der Waals surface area (Å²) in [6, 6.07) is 10.7. The highest BCUT2D eigenvalue weighted by molar-refractivity contribution is 7.91. The summed E-state index contributed by atoms with van der Waals surface area (Å²) in [5.74, 6) is -0.190. The average Bonchev–Trinajstić information content (AvgIpc) is 3.11. The van der Waals surface area contributed by atoms with E-state index in [1.165, 1.54) is 30.5 Å². The molecule has 1 fully saturated rings. The summed E-state index contributed by atoms with van der Waals surface area (Å²) in [5.41, 5.74) is 5.97. The van der Waals surface area contributed by atoms with Crippen LogP contribution >= 0.6 is 23.2 Å². The zero-order chi connectivity index (χ0) is 26.3. The lowest BCUT2D eigenvalue weighted by Gasteiger charge is -2.33. The minimum atomic E-state index is -4.23. The van der Waals surface area contributed by atoms with Crippen molar-refractivity contribution >= 4 is 44.8 Å². The first kappa shape index (κ1) is 26.2. The highest BCUT2D eigenvalue weighted by Gasteiger charge is 2.40. The molecule has 1 amide bonds. The monoisotopic (exact) mass is 548 g/mol. The summed E-state index contributed by atoms with van der Waals surface area (Å²) >= 11 is 12.0. The smallest absolute Gasteiger partial charge is 0.253 e. The fraction of sp³-hybridized carbons (Fsp3) is 0.320. The van der Waals surface area contributed by atoms with Crippen molar-refractivity contribution in [3.63, 3.8) is 0 Å². The topological polar surface area (TPSA) is 115 Å². The normalized spacial score (nSPS) is 17.2. The zero-order valence-electron chi connectivity index (χ0n) is 20.0. The van der Waals surface area contributed by atoms with Crippen molar-refractivity contribution in [1.29, 1.82) is 0 Å². The molecule has 1 saturated heterocycles. The van der Waals surface area contributed by atoms with Crippen LogP contribution in [0.5, 0.6) is 5.88 Å². The van der Waals surface area contributed by atoms with E-state index in [2.05, 4.69) is 16.9 Å². The Morgan fingerprint density at radius 3 is 2.58 bits per heavy atom. The van der Waals surface area contributed by atoms with Gasteiger partial charge in [0.15, 0.2) is 5.03 Å². The van der Waals surface area contributed by atoms with Gasteiger partial charge in [-0.25, -0.2) is 18.4 Å². The second-order valence-corrected chi connectivity index (χ2v) is 12.1. The second-order valence-electron chi connectivity index (χ2n) is 9.46. The van der Waals surface area contributed by atoms with Gasteiger partial charge in [0.25, 0.3) is 5.91 Å². The summed E-state index contributed by atoms with van der Waals surface area (Å²) in [6.45, 7) is 6.88. The number of halogens is 2. The Morgan fingerprint density at radius 1 is 1.19 bits per heavy atom. The molecule has 36 heavy (non-hydrogen) atoms. The lowest BCUT2D eigenvalue weighted by atomic mass is 9.97. The Balaban J connectivity index is 1.69. The molecule has 0 aliphatic carbocycles. The number of carbonyl (C=O) groups excluding carboxylic acids is 1. The predicted octanol–water partition coefficient (Wildman–Crippen LogP) is 4.92. The maximum Gasteiger partial charge on any atom is 0.253 e. The second kappa shape index (κ2) is 9.88. The van der Waals surface area contributed by atoms with Crippen molar-refractivity contribution in [3.8, 4) is 5.88 Å². The van der Waals surface area contributed by atoms with E-state index in [-0.39, 0.29) is 39.3 Å². The SMILES string of the molecule is CC1CN(c2nccc(S(=O)(=O)c3cccc(OCc4ccc(Cl)c(Cl)c4)n3)c2C(N)=O)C(C)(C)C1. The van der Waals surface area contributed by atoms with Crippen molar-refractivity contribution < 1.29 is 17.9 Å². The van der Waals surface area contributed by atoms with Crippen LogP contribution in [0.3, 0.4) is 0 Å². The predicted molar refractivity (Wildman–Crippen MR) is 138 cm³/mol. The number of benzene rings is 1. The molecule has 190 valence electrons. The first-order valence-corrected chi connectivity index (χ1v) is 13.5. The standard InChI is InChI=1S/C25H26Cl2N4O4S/c1-15-12-25(2,3)31(13-15)24-22(23(28)32)19(9-10-29-24)36(33,34)21-6-4-5-20(30-21)35-14-16-7-8-17(26)18(27)11-16/h4-11,15H,12-14H2,1-3H3,(H2,28,32). The molecule has 0 bridgehead atoms. The molecule has 4 rings (SSSR count). The van der Waals surface area contributed by atoms with Crippen LogP contribution in [0.4, 0.5) is 5.82 Å². The van der Waals surface area contributed by atoms with E-state index in [9.17, 15) is 13.2 Å². The van der Waals surface area contributed by atoms with E-state index in [1.54, 1.807) is 18.2 Å². The van der Waals surface area contributed by atoms with Gasteiger partial charge < -0.3 is 15.4 Å². The Hall–Kier alpha value is -2.88. The molecule has 1 aromatic carbocycles. The minimum Gasteiger partial charge on any atom is -0.473 e. The Morgan fingerprint density at radius 2 is 1.94 bits per heavy atom. The van der Waals surface area contributed by atoms with Crippen LogP contribution in [-0.2, 0) is 16.4 Å². The number of anilines is 1. The van der Waals surface area contributed by atoms with Crippen LogP contribution in [0.2, 0.25) is 10.0 Å². The van der Waals surface area contributed by atoms with E-state index >= 15 is 0 Å². The van der Waals surface area contributed by atoms with Gasteiger partial charge in [0.2, 0.25) is 15.7 Å². The van der Waals surface area contributed by atoms with Gasteiger partial charge in [0, 0.05) is 24.3 Å². The number of aromatic nitrogens is 2. The van der Waals surface area contributed by atoms with Gasteiger partial charge in [-0.3, -0.25) is 4.79 Å². The van der Waals surface area contributed by atoms with Gasteiger partial charge in [0.05, 0.1) is 14.9 Å². The molecule has 0 radical (unpaired) electrons. The molecule has 8 nitrogen and oxygen atoms in total. The maximum atomic E-state index is 13.7. The number of ether oxygens (including phenoxy) is 1. The third-order valence-electron chi connectivity index (χ3n) is 6.10. The number of sulfone groups is 1. The number of hydrogen-bond acceptors (Lipinski definition) is 7. The summed E-state index contributed by atoms with van der Waals surface area (Å²) in [5, 5.41) is 0.522. The van der Waals surface area contributed by atoms with Crippen LogP contribution in [0, 0.1) is 5.92 Å². The fourth-order valence-corrected chi connectivity index (χ4v) is 6.29. The van der Waals surface area contributed by atoms with Crippen LogP contribution in [0.1, 0.15) is 43.1 Å². The number of amides is 1. The summed E-state index contributed by atoms with van der Waals surface area (Å²) in [4.78, 5) is 22.8. The van der Waals surface area contributed by atoms with Gasteiger partial charge in [0.1, 0.15) is 18.0 Å². The van der Waals surface area contributed by atoms with Crippen LogP contribution in [0.15, 0.2) is 58.6 Å². The van der Waals surface area contributed by atoms with Crippen molar-refractivity contribution in [3.05, 3.63) is 69.8 Å². The molecule has 1 atom stereocenters. The van der Waals surface area contributed by atoms with Gasteiger partial charge in [-0.2, -0.15) is 0 Å². The molecule has 2 N–H and O–H groups in total. The molecular formula is C25H26Cl2N4O4S. The Labute approximate surface area is 220 Å². The lowest BCUT2D eigenvalue weighted by Crippen LogP contribution is -2.40. The molecule has 0 spiro atoms. The third kappa shape index (κ3) is 5.14. The van der Waals surface area contributed by atoms with Gasteiger partial charge in [-0.05, 0) is 56.0 Å². The van der Waals surface area contributed by atoms with E-state index < -0.39 is 15.7 Å². The quantitative estimate of drug-likeness (QED) is 0.445. The van der Waals surface area contributed by atoms with Crippen molar-refractivity contribution in [1.82, 2.24) is 9.97 Å². The van der Waals surface area contributed by atoms with Crippen LogP contribution < -0.4 is 15.4 Å². The summed E-state index contributed by atoms with van der Waals surface area (Å²) < 4.78 is 33.0. The van der Waals surface area contributed by atoms with Crippen LogP contribution in [-0.4, -0.2) is 36.4 Å². The van der Waals surface area contributed by atoms with Gasteiger partial charge >= 0.3 is 0 Å². The zero-order valence-corrected chi connectivity index (χ0v) is 22.4. The number of nitrogens with two attached hydrogens (primary N) is 1. The van der Waals surface area contributed by atoms with Crippen molar-refractivity contribution in [2.75, 3.05) is 11.4 Å². The van der Waals surface area contributed by atoms with Crippen LogP contribution in [0.25, 0.3) is 0 Å². The molecular weight excluding hydrogens is 523 g/mol. The number of nitrogens with zero attached hydrogens (tertiary/aromatic N) is 3. The minimum absolute atomic E-state index is 0.0894. The molecule has 1 aliphatic rings. The Bertz CT molecular complexity index is 1430. The van der Waals surface area contributed by atoms with Gasteiger partial charge in [-0.15, -0.1) is 0 Å². The number of carbonyl (C=O) groups is 1. The summed E-state index contributed by atoms with van der Waals surface area (Å²) in [6.07, 6.45) is 2.24. The molecule has 1 unspecified atom stereocenters. The summed E-state index contributed by atoms with van der Waals surface area (Å²) in [7, 11) is -4.23. The Kier molecular flexibility index (Phi) is 7.19. The number of primary amides is 1. The number of rotatable bonds is 7. The van der Waals surface area contributed by atoms with E-state index in [4.69, 9.17) is 33.7 Å². The molecule has 1 aliphatic heterocycles. The van der Waals surface area contributed by atoms with Gasteiger partial charge in [-0.1, -0.05) is 42.3 Å².